The molecule has 0 aliphatic carbocycles. The van der Waals surface area contributed by atoms with E-state index in [1.54, 1.807) is 6.07 Å². The molecular weight excluding hydrogens is 326 g/mol. The van der Waals surface area contributed by atoms with Gasteiger partial charge in [0.25, 0.3) is 8.32 Å². The molecule has 19 heavy (non-hydrogen) atoms. The summed E-state index contributed by atoms with van der Waals surface area (Å²) >= 11 is 3.36. The fraction of sp³-hybridized carbons (Fsp3) is 0.538. The minimum atomic E-state index is -2.10. The van der Waals surface area contributed by atoms with Crippen LogP contribution in [0.2, 0.25) is 18.1 Å². The van der Waals surface area contributed by atoms with Gasteiger partial charge in [0.05, 0.1) is 4.92 Å². The number of nitrogens with zero attached hydrogens (tertiary/aromatic N) is 1. The van der Waals surface area contributed by atoms with Crippen molar-refractivity contribution in [3.05, 3.63) is 33.9 Å². The zero-order valence-corrected chi connectivity index (χ0v) is 14.6. The molecule has 0 radical (unpaired) electrons. The second kappa shape index (κ2) is 5.62. The van der Waals surface area contributed by atoms with Gasteiger partial charge in [0.15, 0.2) is 5.75 Å². The number of hydrogen-bond acceptors (Lipinski definition) is 3. The molecule has 1 aromatic rings. The first-order valence-electron chi connectivity index (χ1n) is 6.11. The third kappa shape index (κ3) is 3.57. The van der Waals surface area contributed by atoms with Crippen molar-refractivity contribution in [2.45, 2.75) is 44.2 Å². The minimum absolute atomic E-state index is 0.000291. The van der Waals surface area contributed by atoms with E-state index >= 15 is 0 Å². The summed E-state index contributed by atoms with van der Waals surface area (Å²) < 4.78 is 6.15. The molecule has 0 N–H and O–H groups in total. The van der Waals surface area contributed by atoms with Crippen LogP contribution in [0.15, 0.2) is 18.2 Å². The van der Waals surface area contributed by atoms with Gasteiger partial charge in [0.1, 0.15) is 0 Å². The van der Waals surface area contributed by atoms with Gasteiger partial charge < -0.3 is 4.43 Å². The Kier molecular flexibility index (Phi) is 4.79. The van der Waals surface area contributed by atoms with Crippen molar-refractivity contribution in [3.63, 3.8) is 0 Å². The maximum Gasteiger partial charge on any atom is 0.309 e. The molecule has 6 heteroatoms. The number of alkyl halides is 1. The molecule has 0 spiro atoms. The van der Waals surface area contributed by atoms with Crippen molar-refractivity contribution >= 4 is 29.9 Å². The van der Waals surface area contributed by atoms with Gasteiger partial charge >= 0.3 is 5.69 Å². The average molecular weight is 346 g/mol. The first-order valence-corrected chi connectivity index (χ1v) is 10.1. The van der Waals surface area contributed by atoms with Crippen LogP contribution in [-0.4, -0.2) is 13.2 Å². The van der Waals surface area contributed by atoms with Crippen LogP contribution in [0, 0.1) is 10.1 Å². The molecule has 4 nitrogen and oxygen atoms in total. The third-order valence-corrected chi connectivity index (χ3v) is 8.51. The van der Waals surface area contributed by atoms with Crippen molar-refractivity contribution < 1.29 is 9.35 Å². The molecular formula is C13H20BrNO3Si. The van der Waals surface area contributed by atoms with E-state index in [0.717, 1.165) is 5.56 Å². The number of hydrogen-bond donors (Lipinski definition) is 0. The molecule has 1 aromatic carbocycles. The smallest absolute Gasteiger partial charge is 0.309 e. The fourth-order valence-electron chi connectivity index (χ4n) is 1.35. The van der Waals surface area contributed by atoms with Crippen molar-refractivity contribution in [2.24, 2.45) is 0 Å². The minimum Gasteiger partial charge on any atom is -0.539 e. The molecule has 0 aromatic heterocycles. The Morgan fingerprint density at radius 1 is 1.37 bits per heavy atom. The van der Waals surface area contributed by atoms with Crippen molar-refractivity contribution in [1.82, 2.24) is 0 Å². The predicted octanol–water partition coefficient (Wildman–Crippen LogP) is 4.87. The van der Waals surface area contributed by atoms with E-state index in [2.05, 4.69) is 49.8 Å². The van der Waals surface area contributed by atoms with Gasteiger partial charge in [-0.1, -0.05) is 48.8 Å². The lowest BCUT2D eigenvalue weighted by Gasteiger charge is -2.36. The lowest BCUT2D eigenvalue weighted by atomic mass is 10.2. The van der Waals surface area contributed by atoms with E-state index < -0.39 is 8.32 Å². The quantitative estimate of drug-likeness (QED) is 0.338. The second-order valence-electron chi connectivity index (χ2n) is 6.02. The number of para-hydroxylation sites is 1. The molecule has 0 atom stereocenters. The van der Waals surface area contributed by atoms with Gasteiger partial charge in [-0.2, -0.15) is 0 Å². The van der Waals surface area contributed by atoms with Crippen LogP contribution in [-0.2, 0) is 5.33 Å². The maximum atomic E-state index is 11.2. The fourth-order valence-corrected chi connectivity index (χ4v) is 2.84. The highest BCUT2D eigenvalue weighted by atomic mass is 79.9. The normalized spacial score (nSPS) is 12.3. The van der Waals surface area contributed by atoms with E-state index in [1.165, 1.54) is 6.07 Å². The van der Waals surface area contributed by atoms with E-state index in [4.69, 9.17) is 4.43 Å². The monoisotopic (exact) mass is 345 g/mol. The highest BCUT2D eigenvalue weighted by Gasteiger charge is 2.40. The number of nitro groups is 1. The van der Waals surface area contributed by atoms with E-state index in [1.807, 2.05) is 6.07 Å². The van der Waals surface area contributed by atoms with Gasteiger partial charge in [-0.3, -0.25) is 10.1 Å². The Balaban J connectivity index is 3.30. The molecule has 0 amide bonds. The molecule has 0 aliphatic rings. The number of halogens is 1. The lowest BCUT2D eigenvalue weighted by Crippen LogP contribution is -2.44. The summed E-state index contributed by atoms with van der Waals surface area (Å²) in [5, 5.41) is 11.7. The van der Waals surface area contributed by atoms with Crippen LogP contribution >= 0.6 is 15.9 Å². The van der Waals surface area contributed by atoms with Gasteiger partial charge in [0, 0.05) is 17.0 Å². The highest BCUT2D eigenvalue weighted by molar-refractivity contribution is 9.08. The summed E-state index contributed by atoms with van der Waals surface area (Å²) in [5.74, 6) is 0.413. The van der Waals surface area contributed by atoms with E-state index in [0.29, 0.717) is 11.1 Å². The summed E-state index contributed by atoms with van der Waals surface area (Å²) in [4.78, 5) is 10.8. The topological polar surface area (TPSA) is 52.4 Å². The van der Waals surface area contributed by atoms with Crippen LogP contribution in [0.5, 0.6) is 5.75 Å². The van der Waals surface area contributed by atoms with Crippen LogP contribution in [0.1, 0.15) is 26.3 Å². The van der Waals surface area contributed by atoms with Crippen molar-refractivity contribution in [1.29, 1.82) is 0 Å². The number of nitro benzene ring substituents is 1. The summed E-state index contributed by atoms with van der Waals surface area (Å²) in [6.07, 6.45) is 0. The van der Waals surface area contributed by atoms with Gasteiger partial charge in [-0.05, 0) is 18.1 Å². The molecule has 0 aliphatic heterocycles. The zero-order valence-electron chi connectivity index (χ0n) is 12.0. The Bertz CT molecular complexity index is 483. The Morgan fingerprint density at radius 2 is 1.95 bits per heavy atom. The van der Waals surface area contributed by atoms with Gasteiger partial charge in [0.2, 0.25) is 0 Å². The third-order valence-electron chi connectivity index (χ3n) is 3.58. The molecule has 0 saturated carbocycles. The summed E-state index contributed by atoms with van der Waals surface area (Å²) in [5.41, 5.74) is 0.862. The Hall–Kier alpha value is -0.883. The van der Waals surface area contributed by atoms with Gasteiger partial charge in [-0.15, -0.1) is 0 Å². The summed E-state index contributed by atoms with van der Waals surface area (Å²) in [7, 11) is -2.10. The largest absolute Gasteiger partial charge is 0.539 e. The van der Waals surface area contributed by atoms with Crippen LogP contribution in [0.25, 0.3) is 0 Å². The van der Waals surface area contributed by atoms with Crippen LogP contribution < -0.4 is 4.43 Å². The van der Waals surface area contributed by atoms with Crippen molar-refractivity contribution in [3.8, 4) is 5.75 Å². The second-order valence-corrected chi connectivity index (χ2v) is 11.3. The molecule has 0 bridgehead atoms. The van der Waals surface area contributed by atoms with Crippen molar-refractivity contribution in [2.75, 3.05) is 0 Å². The molecule has 0 saturated heterocycles. The van der Waals surface area contributed by atoms with Gasteiger partial charge in [-0.25, -0.2) is 0 Å². The molecule has 106 valence electrons. The Morgan fingerprint density at radius 3 is 2.37 bits per heavy atom. The summed E-state index contributed by atoms with van der Waals surface area (Å²) in [6, 6.07) is 5.03. The average Bonchev–Trinajstić information content (AvgIpc) is 2.26. The number of rotatable bonds is 4. The first kappa shape index (κ1) is 16.2. The standard InChI is InChI=1S/C13H20BrNO3Si/c1-13(2,3)19(4,5)18-12-10(9-14)7-6-8-11(12)15(16)17/h6-8H,9H2,1-5H3. The van der Waals surface area contributed by atoms with E-state index in [9.17, 15) is 10.1 Å². The van der Waals surface area contributed by atoms with Crippen LogP contribution in [0.4, 0.5) is 5.69 Å². The van der Waals surface area contributed by atoms with E-state index in [-0.39, 0.29) is 15.6 Å². The molecule has 1 rings (SSSR count). The highest BCUT2D eigenvalue weighted by Crippen LogP contribution is 2.41. The molecule has 0 unspecified atom stereocenters. The maximum absolute atomic E-state index is 11.2. The first-order chi connectivity index (χ1) is 8.60. The molecule has 0 fully saturated rings. The SMILES string of the molecule is CC(C)(C)[Si](C)(C)Oc1c(CBr)cccc1[N+](=O)[O-]. The zero-order chi connectivity index (χ0) is 14.8. The predicted molar refractivity (Wildman–Crippen MR) is 83.6 cm³/mol. The summed E-state index contributed by atoms with van der Waals surface area (Å²) in [6.45, 7) is 10.5. The van der Waals surface area contributed by atoms with Crippen LogP contribution in [0.3, 0.4) is 0 Å². The Labute approximate surface area is 123 Å². The number of benzene rings is 1. The lowest BCUT2D eigenvalue weighted by molar-refractivity contribution is -0.385. The molecule has 0 heterocycles.